The van der Waals surface area contributed by atoms with Crippen LogP contribution in [-0.4, -0.2) is 20.9 Å². The van der Waals surface area contributed by atoms with Crippen molar-refractivity contribution in [2.24, 2.45) is 0 Å². The summed E-state index contributed by atoms with van der Waals surface area (Å²) < 4.78 is 1.63. The van der Waals surface area contributed by atoms with E-state index >= 15 is 0 Å². The molecule has 4 aromatic rings. The fourth-order valence-corrected chi connectivity index (χ4v) is 5.43. The molecule has 4 heteroatoms. The van der Waals surface area contributed by atoms with Gasteiger partial charge in [-0.3, -0.25) is 0 Å². The molecule has 0 aliphatic carbocycles. The molecule has 1 atom stereocenters. The molecule has 184 valence electrons. The van der Waals surface area contributed by atoms with Crippen molar-refractivity contribution < 1.29 is 9.90 Å². The molecular formula is C32H34N2O2. The quantitative estimate of drug-likeness (QED) is 0.173. The van der Waals surface area contributed by atoms with E-state index in [9.17, 15) is 9.90 Å². The number of aliphatic carboxylic acids is 1. The zero-order chi connectivity index (χ0) is 25.3. The minimum Gasteiger partial charge on any atom is -0.479 e. The van der Waals surface area contributed by atoms with Crippen molar-refractivity contribution in [2.75, 3.05) is 0 Å². The van der Waals surface area contributed by atoms with Gasteiger partial charge in [0.2, 0.25) is 0 Å². The van der Waals surface area contributed by atoms with Gasteiger partial charge >= 0.3 is 5.97 Å². The molecule has 4 rings (SSSR count). The summed E-state index contributed by atoms with van der Waals surface area (Å²) in [6.45, 7) is 2.20. The average Bonchev–Trinajstić information content (AvgIpc) is 3.46. The number of aromatic nitrogens is 2. The molecule has 0 saturated heterocycles. The molecule has 0 radical (unpaired) electrons. The monoisotopic (exact) mass is 478 g/mol. The first kappa shape index (κ1) is 25.2. The van der Waals surface area contributed by atoms with Crippen LogP contribution < -0.4 is 0 Å². The number of benzene rings is 3. The van der Waals surface area contributed by atoms with Gasteiger partial charge in [-0.15, -0.1) is 0 Å². The second-order valence-corrected chi connectivity index (χ2v) is 9.14. The van der Waals surface area contributed by atoms with Gasteiger partial charge < -0.3 is 5.11 Å². The second-order valence-electron chi connectivity index (χ2n) is 9.14. The SMILES string of the molecule is CCCCCC=CCC(c1ccccc1)(c1ccccc1)C(C(=O)O)(c1ccccc1)n1cccn1. The van der Waals surface area contributed by atoms with Gasteiger partial charge in [0.15, 0.2) is 5.54 Å². The van der Waals surface area contributed by atoms with E-state index in [1.54, 1.807) is 23.1 Å². The van der Waals surface area contributed by atoms with Crippen molar-refractivity contribution in [3.05, 3.63) is 138 Å². The van der Waals surface area contributed by atoms with Gasteiger partial charge in [0, 0.05) is 12.4 Å². The van der Waals surface area contributed by atoms with Crippen LogP contribution >= 0.6 is 0 Å². The Bertz CT molecular complexity index is 1200. The maximum atomic E-state index is 13.8. The summed E-state index contributed by atoms with van der Waals surface area (Å²) in [5.74, 6) is -0.954. The Labute approximate surface area is 213 Å². The summed E-state index contributed by atoms with van der Waals surface area (Å²) in [6.07, 6.45) is 12.7. The average molecular weight is 479 g/mol. The third-order valence-electron chi connectivity index (χ3n) is 7.06. The molecular weight excluding hydrogens is 444 g/mol. The third kappa shape index (κ3) is 4.51. The number of allylic oxidation sites excluding steroid dienone is 2. The number of carboxylic acids is 1. The van der Waals surface area contributed by atoms with E-state index in [1.807, 2.05) is 91.0 Å². The molecule has 0 saturated carbocycles. The molecule has 3 aromatic carbocycles. The Hall–Kier alpha value is -3.92. The lowest BCUT2D eigenvalue weighted by Gasteiger charge is -2.49. The molecule has 0 spiro atoms. The zero-order valence-electron chi connectivity index (χ0n) is 20.8. The molecule has 1 aromatic heterocycles. The normalized spacial score (nSPS) is 13.5. The van der Waals surface area contributed by atoms with Crippen molar-refractivity contribution in [3.8, 4) is 0 Å². The Morgan fingerprint density at radius 2 is 1.36 bits per heavy atom. The van der Waals surface area contributed by atoms with E-state index in [2.05, 4.69) is 24.2 Å². The van der Waals surface area contributed by atoms with Crippen LogP contribution in [0.3, 0.4) is 0 Å². The predicted octanol–water partition coefficient (Wildman–Crippen LogP) is 7.22. The maximum absolute atomic E-state index is 13.8. The number of hydrogen-bond acceptors (Lipinski definition) is 2. The Morgan fingerprint density at radius 1 is 0.806 bits per heavy atom. The van der Waals surface area contributed by atoms with Gasteiger partial charge in [0.05, 0.1) is 5.41 Å². The van der Waals surface area contributed by atoms with Crippen molar-refractivity contribution in [3.63, 3.8) is 0 Å². The van der Waals surface area contributed by atoms with Crippen LogP contribution in [-0.2, 0) is 15.7 Å². The first-order valence-electron chi connectivity index (χ1n) is 12.7. The lowest BCUT2D eigenvalue weighted by Crippen LogP contribution is -2.60. The fourth-order valence-electron chi connectivity index (χ4n) is 5.43. The van der Waals surface area contributed by atoms with E-state index in [-0.39, 0.29) is 0 Å². The van der Waals surface area contributed by atoms with Crippen molar-refractivity contribution in [1.82, 2.24) is 9.78 Å². The Morgan fingerprint density at radius 3 is 1.83 bits per heavy atom. The second kappa shape index (κ2) is 11.7. The predicted molar refractivity (Wildman–Crippen MR) is 145 cm³/mol. The van der Waals surface area contributed by atoms with Gasteiger partial charge in [-0.05, 0) is 42.0 Å². The van der Waals surface area contributed by atoms with Crippen molar-refractivity contribution in [2.45, 2.75) is 50.0 Å². The van der Waals surface area contributed by atoms with E-state index in [0.717, 1.165) is 24.0 Å². The summed E-state index contributed by atoms with van der Waals surface area (Å²) in [5.41, 5.74) is -0.00915. The van der Waals surface area contributed by atoms with Crippen LogP contribution in [0.5, 0.6) is 0 Å². The summed E-state index contributed by atoms with van der Waals surface area (Å²) >= 11 is 0. The maximum Gasteiger partial charge on any atom is 0.337 e. The highest BCUT2D eigenvalue weighted by molar-refractivity contribution is 5.85. The molecule has 36 heavy (non-hydrogen) atoms. The first-order chi connectivity index (χ1) is 17.7. The molecule has 1 N–H and O–H groups in total. The van der Waals surface area contributed by atoms with Crippen LogP contribution in [0.25, 0.3) is 0 Å². The molecule has 0 aliphatic rings. The Kier molecular flexibility index (Phi) is 8.17. The van der Waals surface area contributed by atoms with Crippen LogP contribution in [0.15, 0.2) is 122 Å². The smallest absolute Gasteiger partial charge is 0.337 e. The lowest BCUT2D eigenvalue weighted by molar-refractivity contribution is -0.149. The molecule has 0 aliphatic heterocycles. The molecule has 0 bridgehead atoms. The molecule has 1 unspecified atom stereocenters. The topological polar surface area (TPSA) is 55.1 Å². The van der Waals surface area contributed by atoms with E-state index in [1.165, 1.54) is 12.8 Å². The highest BCUT2D eigenvalue weighted by Crippen LogP contribution is 2.52. The molecule has 0 amide bonds. The van der Waals surface area contributed by atoms with Gasteiger partial charge in [0.25, 0.3) is 0 Å². The van der Waals surface area contributed by atoms with Gasteiger partial charge in [-0.2, -0.15) is 5.10 Å². The summed E-state index contributed by atoms with van der Waals surface area (Å²) in [7, 11) is 0. The summed E-state index contributed by atoms with van der Waals surface area (Å²) in [5, 5.41) is 15.9. The molecule has 1 heterocycles. The van der Waals surface area contributed by atoms with E-state index in [4.69, 9.17) is 0 Å². The summed E-state index contributed by atoms with van der Waals surface area (Å²) in [6, 6.07) is 31.4. The van der Waals surface area contributed by atoms with Crippen LogP contribution in [0.1, 0.15) is 55.7 Å². The first-order valence-corrected chi connectivity index (χ1v) is 12.7. The summed E-state index contributed by atoms with van der Waals surface area (Å²) in [4.78, 5) is 13.8. The fraction of sp³-hybridized carbons (Fsp3) is 0.250. The minimum atomic E-state index is -1.55. The van der Waals surface area contributed by atoms with Gasteiger partial charge in [-0.25, -0.2) is 9.48 Å². The largest absolute Gasteiger partial charge is 0.479 e. The number of nitrogens with zero attached hydrogens (tertiary/aromatic N) is 2. The zero-order valence-corrected chi connectivity index (χ0v) is 20.8. The number of hydrogen-bond donors (Lipinski definition) is 1. The highest BCUT2D eigenvalue weighted by atomic mass is 16.4. The van der Waals surface area contributed by atoms with Crippen LogP contribution in [0, 0.1) is 0 Å². The van der Waals surface area contributed by atoms with Crippen molar-refractivity contribution in [1.29, 1.82) is 0 Å². The van der Waals surface area contributed by atoms with Gasteiger partial charge in [0.1, 0.15) is 0 Å². The van der Waals surface area contributed by atoms with E-state index < -0.39 is 16.9 Å². The van der Waals surface area contributed by atoms with E-state index in [0.29, 0.717) is 12.0 Å². The van der Waals surface area contributed by atoms with Crippen LogP contribution in [0.4, 0.5) is 0 Å². The van der Waals surface area contributed by atoms with Gasteiger partial charge in [-0.1, -0.05) is 123 Å². The lowest BCUT2D eigenvalue weighted by atomic mass is 9.57. The number of carboxylic acid groups (broad SMARTS) is 1. The molecule has 0 fully saturated rings. The number of rotatable bonds is 12. The van der Waals surface area contributed by atoms with Crippen molar-refractivity contribution >= 4 is 5.97 Å². The number of carbonyl (C=O) groups is 1. The minimum absolute atomic E-state index is 0.494. The standard InChI is InChI=1S/C32H34N2O2/c1-2-3-4-5-6-16-24-31(27-18-10-7-11-19-27,28-20-12-8-13-21-28)32(30(35)36,34-26-17-25-33-34)29-22-14-9-15-23-29/h6-23,25-26H,2-5,24H2,1H3,(H,35,36). The number of unbranched alkanes of at least 4 members (excludes halogenated alkanes) is 3. The Balaban J connectivity index is 2.08. The van der Waals surface area contributed by atoms with Crippen LogP contribution in [0.2, 0.25) is 0 Å². The third-order valence-corrected chi connectivity index (χ3v) is 7.06. The highest BCUT2D eigenvalue weighted by Gasteiger charge is 2.61. The molecule has 4 nitrogen and oxygen atoms in total.